The third-order valence-electron chi connectivity index (χ3n) is 4.22. The van der Waals surface area contributed by atoms with E-state index in [0.29, 0.717) is 22.2 Å². The second-order valence-corrected chi connectivity index (χ2v) is 6.64. The Morgan fingerprint density at radius 3 is 2.58 bits per heavy atom. The first-order valence-corrected chi connectivity index (χ1v) is 8.97. The molecular weight excluding hydrogens is 348 g/mol. The Hall–Kier alpha value is -2.86. The molecule has 0 fully saturated rings. The topological polar surface area (TPSA) is 60.5 Å². The number of nitrogens with zero attached hydrogens (tertiary/aromatic N) is 1. The van der Waals surface area contributed by atoms with E-state index in [1.165, 1.54) is 11.3 Å². The molecule has 1 heterocycles. The van der Waals surface area contributed by atoms with Gasteiger partial charge >= 0.3 is 0 Å². The van der Waals surface area contributed by atoms with Gasteiger partial charge in [0.25, 0.3) is 5.91 Å². The van der Waals surface area contributed by atoms with Crippen LogP contribution in [0.5, 0.6) is 11.5 Å². The van der Waals surface area contributed by atoms with Crippen LogP contribution in [0.25, 0.3) is 10.6 Å². The zero-order valence-corrected chi connectivity index (χ0v) is 15.9. The van der Waals surface area contributed by atoms with Crippen molar-refractivity contribution in [3.63, 3.8) is 0 Å². The van der Waals surface area contributed by atoms with Crippen molar-refractivity contribution in [3.05, 3.63) is 58.6 Å². The van der Waals surface area contributed by atoms with Gasteiger partial charge < -0.3 is 14.8 Å². The number of anilines is 1. The van der Waals surface area contributed by atoms with E-state index in [-0.39, 0.29) is 5.91 Å². The molecule has 134 valence electrons. The highest BCUT2D eigenvalue weighted by atomic mass is 32.1. The Bertz CT molecular complexity index is 950. The summed E-state index contributed by atoms with van der Waals surface area (Å²) in [5.74, 6) is 0.996. The van der Waals surface area contributed by atoms with Crippen LogP contribution in [0.15, 0.2) is 41.8 Å². The molecule has 1 amide bonds. The number of methoxy groups -OCH3 is 2. The quantitative estimate of drug-likeness (QED) is 0.709. The summed E-state index contributed by atoms with van der Waals surface area (Å²) in [7, 11) is 3.18. The SMILES string of the molecule is COc1cccc(-c2nc(C(=O)Nc3cccc(C)c3C)cs2)c1OC. The summed E-state index contributed by atoms with van der Waals surface area (Å²) in [5, 5.41) is 5.38. The van der Waals surface area contributed by atoms with Gasteiger partial charge in [-0.15, -0.1) is 11.3 Å². The number of aryl methyl sites for hydroxylation is 1. The Balaban J connectivity index is 1.88. The van der Waals surface area contributed by atoms with Crippen molar-refractivity contribution in [2.24, 2.45) is 0 Å². The smallest absolute Gasteiger partial charge is 0.275 e. The van der Waals surface area contributed by atoms with Crippen LogP contribution >= 0.6 is 11.3 Å². The minimum Gasteiger partial charge on any atom is -0.493 e. The number of hydrogen-bond acceptors (Lipinski definition) is 5. The van der Waals surface area contributed by atoms with Crippen molar-refractivity contribution < 1.29 is 14.3 Å². The summed E-state index contributed by atoms with van der Waals surface area (Å²) in [6.45, 7) is 4.00. The molecule has 0 spiro atoms. The van der Waals surface area contributed by atoms with Crippen LogP contribution in [-0.4, -0.2) is 25.1 Å². The first kappa shape index (κ1) is 17.9. The number of para-hydroxylation sites is 1. The number of thiazole rings is 1. The molecule has 0 atom stereocenters. The Kier molecular flexibility index (Phi) is 5.23. The number of nitrogens with one attached hydrogen (secondary N) is 1. The van der Waals surface area contributed by atoms with Crippen molar-refractivity contribution in [1.82, 2.24) is 4.98 Å². The van der Waals surface area contributed by atoms with E-state index < -0.39 is 0 Å². The largest absolute Gasteiger partial charge is 0.493 e. The molecule has 0 saturated carbocycles. The highest BCUT2D eigenvalue weighted by Gasteiger charge is 2.17. The zero-order valence-electron chi connectivity index (χ0n) is 15.1. The molecule has 2 aromatic carbocycles. The van der Waals surface area contributed by atoms with Gasteiger partial charge in [0, 0.05) is 11.1 Å². The summed E-state index contributed by atoms with van der Waals surface area (Å²) in [6.07, 6.45) is 0. The standard InChI is InChI=1S/C20H20N2O3S/c1-12-7-5-9-15(13(12)2)21-19(23)16-11-26-20(22-16)14-8-6-10-17(24-3)18(14)25-4/h5-11H,1-4H3,(H,21,23). The summed E-state index contributed by atoms with van der Waals surface area (Å²) in [6, 6.07) is 11.4. The Morgan fingerprint density at radius 2 is 1.85 bits per heavy atom. The molecule has 0 aliphatic heterocycles. The monoisotopic (exact) mass is 368 g/mol. The van der Waals surface area contributed by atoms with Gasteiger partial charge in [0.15, 0.2) is 11.5 Å². The number of ether oxygens (including phenoxy) is 2. The molecule has 26 heavy (non-hydrogen) atoms. The minimum atomic E-state index is -0.233. The number of hydrogen-bond donors (Lipinski definition) is 1. The van der Waals surface area contributed by atoms with Crippen molar-refractivity contribution in [2.45, 2.75) is 13.8 Å². The van der Waals surface area contributed by atoms with Gasteiger partial charge in [0.2, 0.25) is 0 Å². The molecule has 0 radical (unpaired) electrons. The van der Waals surface area contributed by atoms with E-state index in [4.69, 9.17) is 9.47 Å². The molecule has 3 aromatic rings. The molecule has 1 aromatic heterocycles. The third kappa shape index (κ3) is 3.41. The van der Waals surface area contributed by atoms with E-state index >= 15 is 0 Å². The summed E-state index contributed by atoms with van der Waals surface area (Å²) in [5.41, 5.74) is 4.13. The van der Waals surface area contributed by atoms with Crippen molar-refractivity contribution in [1.29, 1.82) is 0 Å². The lowest BCUT2D eigenvalue weighted by atomic mass is 10.1. The fourth-order valence-electron chi connectivity index (χ4n) is 2.63. The van der Waals surface area contributed by atoms with Gasteiger partial charge in [0.1, 0.15) is 10.7 Å². The summed E-state index contributed by atoms with van der Waals surface area (Å²) < 4.78 is 10.8. The molecule has 0 aliphatic carbocycles. The van der Waals surface area contributed by atoms with Gasteiger partial charge in [-0.05, 0) is 43.2 Å². The summed E-state index contributed by atoms with van der Waals surface area (Å²) >= 11 is 1.39. The van der Waals surface area contributed by atoms with Crippen LogP contribution < -0.4 is 14.8 Å². The van der Waals surface area contributed by atoms with Crippen LogP contribution in [0.1, 0.15) is 21.6 Å². The van der Waals surface area contributed by atoms with Crippen LogP contribution in [-0.2, 0) is 0 Å². The van der Waals surface area contributed by atoms with E-state index in [9.17, 15) is 4.79 Å². The van der Waals surface area contributed by atoms with Gasteiger partial charge in [-0.25, -0.2) is 4.98 Å². The first-order chi connectivity index (χ1) is 12.5. The van der Waals surface area contributed by atoms with Crippen LogP contribution in [0.3, 0.4) is 0 Å². The zero-order chi connectivity index (χ0) is 18.7. The van der Waals surface area contributed by atoms with Crippen LogP contribution in [0.4, 0.5) is 5.69 Å². The fourth-order valence-corrected chi connectivity index (χ4v) is 3.45. The molecule has 1 N–H and O–H groups in total. The molecule has 0 saturated heterocycles. The molecule has 0 bridgehead atoms. The number of benzene rings is 2. The molecule has 5 nitrogen and oxygen atoms in total. The molecule has 6 heteroatoms. The highest BCUT2D eigenvalue weighted by Crippen LogP contribution is 2.39. The fraction of sp³-hybridized carbons (Fsp3) is 0.200. The molecular formula is C20H20N2O3S. The van der Waals surface area contributed by atoms with Crippen LogP contribution in [0.2, 0.25) is 0 Å². The average Bonchev–Trinajstić information content (AvgIpc) is 3.14. The normalized spacial score (nSPS) is 10.5. The van der Waals surface area contributed by atoms with Gasteiger partial charge in [-0.1, -0.05) is 18.2 Å². The number of aromatic nitrogens is 1. The number of carbonyl (C=O) groups is 1. The molecule has 0 aliphatic rings. The predicted molar refractivity (Wildman–Crippen MR) is 105 cm³/mol. The van der Waals surface area contributed by atoms with Gasteiger partial charge in [0.05, 0.1) is 19.8 Å². The maximum Gasteiger partial charge on any atom is 0.275 e. The summed E-state index contributed by atoms with van der Waals surface area (Å²) in [4.78, 5) is 17.1. The van der Waals surface area contributed by atoms with Crippen molar-refractivity contribution >= 4 is 22.9 Å². The molecule has 3 rings (SSSR count). The lowest BCUT2D eigenvalue weighted by molar-refractivity contribution is 0.102. The van der Waals surface area contributed by atoms with Crippen LogP contribution in [0, 0.1) is 13.8 Å². The van der Waals surface area contributed by atoms with E-state index in [2.05, 4.69) is 10.3 Å². The van der Waals surface area contributed by atoms with E-state index in [0.717, 1.165) is 22.4 Å². The second kappa shape index (κ2) is 7.58. The van der Waals surface area contributed by atoms with Gasteiger partial charge in [-0.2, -0.15) is 0 Å². The van der Waals surface area contributed by atoms with Crippen molar-refractivity contribution in [2.75, 3.05) is 19.5 Å². The minimum absolute atomic E-state index is 0.233. The average molecular weight is 368 g/mol. The second-order valence-electron chi connectivity index (χ2n) is 5.78. The Morgan fingerprint density at radius 1 is 1.08 bits per heavy atom. The van der Waals surface area contributed by atoms with E-state index in [1.54, 1.807) is 19.6 Å². The third-order valence-corrected chi connectivity index (χ3v) is 5.10. The maximum absolute atomic E-state index is 12.6. The van der Waals surface area contributed by atoms with Gasteiger partial charge in [-0.3, -0.25) is 4.79 Å². The highest BCUT2D eigenvalue weighted by molar-refractivity contribution is 7.13. The number of amides is 1. The lowest BCUT2D eigenvalue weighted by Crippen LogP contribution is -2.13. The predicted octanol–water partition coefficient (Wildman–Crippen LogP) is 4.70. The van der Waals surface area contributed by atoms with E-state index in [1.807, 2.05) is 50.2 Å². The van der Waals surface area contributed by atoms with Crippen molar-refractivity contribution in [3.8, 4) is 22.1 Å². The Labute approximate surface area is 156 Å². The lowest BCUT2D eigenvalue weighted by Gasteiger charge is -2.10. The number of rotatable bonds is 5. The number of carbonyl (C=O) groups excluding carboxylic acids is 1. The molecule has 0 unspecified atom stereocenters. The first-order valence-electron chi connectivity index (χ1n) is 8.09. The maximum atomic E-state index is 12.6.